The highest BCUT2D eigenvalue weighted by atomic mass is 16.4. The molecule has 2 atom stereocenters. The summed E-state index contributed by atoms with van der Waals surface area (Å²) in [6.07, 6.45) is 2.77. The molecule has 162 valence electrons. The van der Waals surface area contributed by atoms with Gasteiger partial charge in [-0.1, -0.05) is 25.1 Å². The minimum atomic E-state index is -1.28. The lowest BCUT2D eigenvalue weighted by atomic mass is 9.99. The van der Waals surface area contributed by atoms with Crippen LogP contribution < -0.4 is 10.6 Å². The van der Waals surface area contributed by atoms with Gasteiger partial charge in [0.1, 0.15) is 11.8 Å². The number of aryl methyl sites for hydroxylation is 1. The van der Waals surface area contributed by atoms with Crippen LogP contribution in [-0.4, -0.2) is 45.8 Å². The van der Waals surface area contributed by atoms with E-state index < -0.39 is 23.8 Å². The minimum Gasteiger partial charge on any atom is -0.480 e. The summed E-state index contributed by atoms with van der Waals surface area (Å²) >= 11 is 0. The second-order valence-electron chi connectivity index (χ2n) is 7.50. The van der Waals surface area contributed by atoms with Crippen molar-refractivity contribution in [1.29, 1.82) is 0 Å². The number of hydrogen-bond acceptors (Lipinski definition) is 4. The highest BCUT2D eigenvalue weighted by Crippen LogP contribution is 2.20. The van der Waals surface area contributed by atoms with Gasteiger partial charge in [-0.25, -0.2) is 4.79 Å². The van der Waals surface area contributed by atoms with Crippen LogP contribution in [0.25, 0.3) is 10.9 Å². The molecule has 0 aliphatic heterocycles. The molecule has 0 fully saturated rings. The van der Waals surface area contributed by atoms with Gasteiger partial charge in [-0.3, -0.25) is 14.4 Å². The van der Waals surface area contributed by atoms with Crippen LogP contribution in [0.2, 0.25) is 0 Å². The van der Waals surface area contributed by atoms with Crippen molar-refractivity contribution in [2.75, 3.05) is 6.54 Å². The van der Waals surface area contributed by atoms with Crippen molar-refractivity contribution in [3.63, 3.8) is 0 Å². The third kappa shape index (κ3) is 6.17. The standard InChI is InChI=1S/C22H29N3O5/c1-4-15(21(28)24-18(22(29)30)11-14(2)26)12-20(27)23-10-9-16-13-25(3)19-8-6-5-7-17(16)19/h5-8,13,15,18H,4,9-12H2,1-3H3,(H,23,27)(H,24,28)(H,29,30). The molecule has 0 bridgehead atoms. The number of aliphatic carboxylic acids is 1. The number of nitrogens with one attached hydrogen (secondary N) is 2. The maximum absolute atomic E-state index is 12.4. The molecular weight excluding hydrogens is 386 g/mol. The minimum absolute atomic E-state index is 0.0374. The van der Waals surface area contributed by atoms with Gasteiger partial charge in [0.2, 0.25) is 11.8 Å². The Kier molecular flexibility index (Phi) is 8.15. The Balaban J connectivity index is 1.88. The molecule has 0 saturated heterocycles. The van der Waals surface area contributed by atoms with Crippen LogP contribution >= 0.6 is 0 Å². The Bertz CT molecular complexity index is 934. The second kappa shape index (κ2) is 10.6. The van der Waals surface area contributed by atoms with Gasteiger partial charge in [0.25, 0.3) is 0 Å². The molecule has 30 heavy (non-hydrogen) atoms. The molecule has 2 aromatic rings. The van der Waals surface area contributed by atoms with Crippen LogP contribution in [0, 0.1) is 5.92 Å². The van der Waals surface area contributed by atoms with Gasteiger partial charge >= 0.3 is 5.97 Å². The molecule has 0 saturated carbocycles. The van der Waals surface area contributed by atoms with Crippen LogP contribution in [0.5, 0.6) is 0 Å². The van der Waals surface area contributed by atoms with Crippen molar-refractivity contribution in [3.8, 4) is 0 Å². The number of para-hydroxylation sites is 1. The number of carboxylic acids is 1. The summed E-state index contributed by atoms with van der Waals surface area (Å²) in [6, 6.07) is 6.77. The summed E-state index contributed by atoms with van der Waals surface area (Å²) in [4.78, 5) is 47.1. The normalized spacial score (nSPS) is 12.9. The van der Waals surface area contributed by atoms with Gasteiger partial charge in [-0.2, -0.15) is 0 Å². The van der Waals surface area contributed by atoms with E-state index in [1.54, 1.807) is 6.92 Å². The zero-order chi connectivity index (χ0) is 22.3. The number of amides is 2. The summed E-state index contributed by atoms with van der Waals surface area (Å²) < 4.78 is 2.05. The van der Waals surface area contributed by atoms with Crippen LogP contribution in [-0.2, 0) is 32.6 Å². The van der Waals surface area contributed by atoms with Crippen molar-refractivity contribution in [2.45, 2.75) is 45.6 Å². The van der Waals surface area contributed by atoms with E-state index in [9.17, 15) is 19.2 Å². The van der Waals surface area contributed by atoms with Crippen molar-refractivity contribution >= 4 is 34.5 Å². The number of carbonyl (C=O) groups excluding carboxylic acids is 3. The maximum Gasteiger partial charge on any atom is 0.326 e. The highest BCUT2D eigenvalue weighted by molar-refractivity contribution is 5.91. The largest absolute Gasteiger partial charge is 0.480 e. The highest BCUT2D eigenvalue weighted by Gasteiger charge is 2.26. The number of aromatic nitrogens is 1. The van der Waals surface area contributed by atoms with Gasteiger partial charge in [-0.15, -0.1) is 0 Å². The number of nitrogens with zero attached hydrogens (tertiary/aromatic N) is 1. The lowest BCUT2D eigenvalue weighted by Gasteiger charge is -2.18. The average molecular weight is 415 g/mol. The van der Waals surface area contributed by atoms with Crippen molar-refractivity contribution in [1.82, 2.24) is 15.2 Å². The maximum atomic E-state index is 12.4. The van der Waals surface area contributed by atoms with E-state index in [1.807, 2.05) is 42.1 Å². The van der Waals surface area contributed by atoms with Crippen LogP contribution in [0.1, 0.15) is 38.7 Å². The lowest BCUT2D eigenvalue weighted by Crippen LogP contribution is -2.45. The average Bonchev–Trinajstić information content (AvgIpc) is 3.01. The monoisotopic (exact) mass is 415 g/mol. The Hall–Kier alpha value is -3.16. The Morgan fingerprint density at radius 1 is 1.13 bits per heavy atom. The molecule has 1 aromatic carbocycles. The molecule has 2 unspecified atom stereocenters. The smallest absolute Gasteiger partial charge is 0.326 e. The SMILES string of the molecule is CCC(CC(=O)NCCc1cn(C)c2ccccc12)C(=O)NC(CC(C)=O)C(=O)O. The first-order valence-electron chi connectivity index (χ1n) is 10.0. The molecular formula is C22H29N3O5. The van der Waals surface area contributed by atoms with E-state index in [2.05, 4.69) is 10.6 Å². The van der Waals surface area contributed by atoms with Crippen LogP contribution in [0.3, 0.4) is 0 Å². The van der Waals surface area contributed by atoms with Gasteiger partial charge < -0.3 is 20.3 Å². The number of carbonyl (C=O) groups is 4. The zero-order valence-electron chi connectivity index (χ0n) is 17.6. The summed E-state index contributed by atoms with van der Waals surface area (Å²) in [5.41, 5.74) is 2.26. The Labute approximate surface area is 175 Å². The number of benzene rings is 1. The first kappa shape index (κ1) is 23.1. The fraction of sp³-hybridized carbons (Fsp3) is 0.455. The molecule has 2 amide bonds. The molecule has 0 radical (unpaired) electrons. The van der Waals surface area contributed by atoms with Crippen molar-refractivity contribution in [3.05, 3.63) is 36.0 Å². The number of fused-ring (bicyclic) bond motifs is 1. The Morgan fingerprint density at radius 2 is 1.83 bits per heavy atom. The van der Waals surface area contributed by atoms with E-state index in [1.165, 1.54) is 6.92 Å². The summed E-state index contributed by atoms with van der Waals surface area (Å²) in [5, 5.41) is 15.5. The molecule has 1 heterocycles. The van der Waals surface area contributed by atoms with Crippen molar-refractivity contribution in [2.24, 2.45) is 13.0 Å². The molecule has 1 aromatic heterocycles. The fourth-order valence-corrected chi connectivity index (χ4v) is 3.46. The number of rotatable bonds is 11. The number of ketones is 1. The number of hydrogen-bond donors (Lipinski definition) is 3. The van der Waals surface area contributed by atoms with Gasteiger partial charge in [0, 0.05) is 49.5 Å². The number of carboxylic acid groups (broad SMARTS) is 1. The number of Topliss-reactive ketones (excluding diaryl/α,β-unsaturated/α-hetero) is 1. The zero-order valence-corrected chi connectivity index (χ0v) is 17.6. The van der Waals surface area contributed by atoms with E-state index in [4.69, 9.17) is 5.11 Å². The molecule has 8 heteroatoms. The lowest BCUT2D eigenvalue weighted by molar-refractivity contribution is -0.144. The van der Waals surface area contributed by atoms with Crippen molar-refractivity contribution < 1.29 is 24.3 Å². The van der Waals surface area contributed by atoms with Crippen LogP contribution in [0.4, 0.5) is 0 Å². The van der Waals surface area contributed by atoms with Crippen LogP contribution in [0.15, 0.2) is 30.5 Å². The summed E-state index contributed by atoms with van der Waals surface area (Å²) in [7, 11) is 1.98. The van der Waals surface area contributed by atoms with E-state index in [-0.39, 0.29) is 24.5 Å². The molecule has 2 rings (SSSR count). The second-order valence-corrected chi connectivity index (χ2v) is 7.50. The van der Waals surface area contributed by atoms with E-state index >= 15 is 0 Å². The quantitative estimate of drug-likeness (QED) is 0.517. The topological polar surface area (TPSA) is 118 Å². The Morgan fingerprint density at radius 3 is 2.47 bits per heavy atom. The van der Waals surface area contributed by atoms with E-state index in [0.29, 0.717) is 19.4 Å². The third-order valence-corrected chi connectivity index (χ3v) is 5.10. The summed E-state index contributed by atoms with van der Waals surface area (Å²) in [6.45, 7) is 3.46. The summed E-state index contributed by atoms with van der Waals surface area (Å²) in [5.74, 6) is -3.06. The predicted molar refractivity (Wildman–Crippen MR) is 113 cm³/mol. The van der Waals surface area contributed by atoms with Gasteiger partial charge in [-0.05, 0) is 31.4 Å². The fourth-order valence-electron chi connectivity index (χ4n) is 3.46. The first-order chi connectivity index (χ1) is 14.2. The predicted octanol–water partition coefficient (Wildman–Crippen LogP) is 1.80. The molecule has 0 aliphatic carbocycles. The van der Waals surface area contributed by atoms with E-state index in [0.717, 1.165) is 16.5 Å². The van der Waals surface area contributed by atoms with Gasteiger partial charge in [0.05, 0.1) is 0 Å². The molecule has 3 N–H and O–H groups in total. The molecule has 0 aliphatic rings. The first-order valence-corrected chi connectivity index (χ1v) is 10.0. The van der Waals surface area contributed by atoms with Gasteiger partial charge in [0.15, 0.2) is 0 Å². The molecule has 0 spiro atoms. The molecule has 8 nitrogen and oxygen atoms in total. The third-order valence-electron chi connectivity index (χ3n) is 5.10.